The SMILES string of the molecule is CCC(CC)C(C)NC(=O)N1CC(OC)CC1C(=O)O. The standard InChI is InChI=1S/C14H26N2O4/c1-5-10(6-2)9(3)15-14(19)16-8-11(20-4)7-12(16)13(17)18/h9-12H,5-8H2,1-4H3,(H,15,19)(H,17,18). The summed E-state index contributed by atoms with van der Waals surface area (Å²) in [6.45, 7) is 6.48. The van der Waals surface area contributed by atoms with E-state index >= 15 is 0 Å². The molecule has 0 radical (unpaired) electrons. The van der Waals surface area contributed by atoms with Gasteiger partial charge in [0, 0.05) is 26.1 Å². The van der Waals surface area contributed by atoms with Crippen LogP contribution in [-0.2, 0) is 9.53 Å². The van der Waals surface area contributed by atoms with Crippen molar-refractivity contribution < 1.29 is 19.4 Å². The molecule has 1 aliphatic heterocycles. The predicted octanol–water partition coefficient (Wildman–Crippen LogP) is 1.69. The van der Waals surface area contributed by atoms with E-state index in [2.05, 4.69) is 19.2 Å². The van der Waals surface area contributed by atoms with Gasteiger partial charge in [-0.25, -0.2) is 9.59 Å². The Morgan fingerprint density at radius 3 is 2.45 bits per heavy atom. The quantitative estimate of drug-likeness (QED) is 0.779. The van der Waals surface area contributed by atoms with Crippen molar-refractivity contribution in [1.82, 2.24) is 10.2 Å². The molecule has 0 aromatic carbocycles. The zero-order valence-corrected chi connectivity index (χ0v) is 12.8. The summed E-state index contributed by atoms with van der Waals surface area (Å²) in [6.07, 6.45) is 2.12. The molecule has 6 nitrogen and oxygen atoms in total. The average Bonchev–Trinajstić information content (AvgIpc) is 2.84. The molecule has 2 amide bonds. The number of carbonyl (C=O) groups is 2. The maximum Gasteiger partial charge on any atom is 0.326 e. The fourth-order valence-electron chi connectivity index (χ4n) is 2.82. The number of aliphatic carboxylic acids is 1. The van der Waals surface area contributed by atoms with Crippen LogP contribution in [0, 0.1) is 5.92 Å². The number of nitrogens with zero attached hydrogens (tertiary/aromatic N) is 1. The van der Waals surface area contributed by atoms with Crippen molar-refractivity contribution >= 4 is 12.0 Å². The number of carboxylic acids is 1. The largest absolute Gasteiger partial charge is 0.480 e. The zero-order chi connectivity index (χ0) is 15.3. The Hall–Kier alpha value is -1.30. The number of likely N-dealkylation sites (tertiary alicyclic amines) is 1. The number of ether oxygens (including phenoxy) is 1. The number of hydrogen-bond acceptors (Lipinski definition) is 3. The maximum absolute atomic E-state index is 12.3. The third-order valence-corrected chi connectivity index (χ3v) is 4.25. The lowest BCUT2D eigenvalue weighted by Gasteiger charge is -2.27. The summed E-state index contributed by atoms with van der Waals surface area (Å²) in [5.41, 5.74) is 0. The summed E-state index contributed by atoms with van der Waals surface area (Å²) < 4.78 is 5.18. The van der Waals surface area contributed by atoms with E-state index in [0.717, 1.165) is 12.8 Å². The molecule has 116 valence electrons. The predicted molar refractivity (Wildman–Crippen MR) is 75.6 cm³/mol. The Bertz CT molecular complexity index is 344. The van der Waals surface area contributed by atoms with Gasteiger partial charge in [0.25, 0.3) is 0 Å². The van der Waals surface area contributed by atoms with Gasteiger partial charge < -0.3 is 20.1 Å². The van der Waals surface area contributed by atoms with Crippen LogP contribution in [0.4, 0.5) is 4.79 Å². The van der Waals surface area contributed by atoms with E-state index in [-0.39, 0.29) is 18.2 Å². The summed E-state index contributed by atoms with van der Waals surface area (Å²) >= 11 is 0. The van der Waals surface area contributed by atoms with Crippen LogP contribution in [0.25, 0.3) is 0 Å². The van der Waals surface area contributed by atoms with Crippen LogP contribution in [0.1, 0.15) is 40.0 Å². The third kappa shape index (κ3) is 3.85. The van der Waals surface area contributed by atoms with Crippen LogP contribution < -0.4 is 5.32 Å². The van der Waals surface area contributed by atoms with Crippen molar-refractivity contribution in [1.29, 1.82) is 0 Å². The summed E-state index contributed by atoms with van der Waals surface area (Å²) in [7, 11) is 1.54. The first kappa shape index (κ1) is 16.8. The van der Waals surface area contributed by atoms with Crippen molar-refractivity contribution in [2.45, 2.75) is 58.2 Å². The van der Waals surface area contributed by atoms with E-state index in [0.29, 0.717) is 18.9 Å². The van der Waals surface area contributed by atoms with Crippen molar-refractivity contribution in [3.63, 3.8) is 0 Å². The first-order chi connectivity index (χ1) is 9.44. The molecule has 20 heavy (non-hydrogen) atoms. The minimum absolute atomic E-state index is 0.0357. The Balaban J connectivity index is 2.67. The second-order valence-electron chi connectivity index (χ2n) is 5.41. The summed E-state index contributed by atoms with van der Waals surface area (Å²) in [4.78, 5) is 24.9. The highest BCUT2D eigenvalue weighted by Crippen LogP contribution is 2.21. The molecule has 1 aliphatic rings. The van der Waals surface area contributed by atoms with Crippen LogP contribution in [0.15, 0.2) is 0 Å². The van der Waals surface area contributed by atoms with Gasteiger partial charge in [-0.05, 0) is 12.8 Å². The Kier molecular flexibility index (Phi) is 6.26. The van der Waals surface area contributed by atoms with Crippen molar-refractivity contribution in [3.05, 3.63) is 0 Å². The third-order valence-electron chi connectivity index (χ3n) is 4.25. The lowest BCUT2D eigenvalue weighted by atomic mass is 9.96. The smallest absolute Gasteiger partial charge is 0.326 e. The van der Waals surface area contributed by atoms with Crippen LogP contribution >= 0.6 is 0 Å². The topological polar surface area (TPSA) is 78.9 Å². The molecule has 1 rings (SSSR count). The fraction of sp³-hybridized carbons (Fsp3) is 0.857. The number of methoxy groups -OCH3 is 1. The molecule has 0 aromatic rings. The van der Waals surface area contributed by atoms with E-state index in [4.69, 9.17) is 4.74 Å². The zero-order valence-electron chi connectivity index (χ0n) is 12.8. The number of urea groups is 1. The van der Waals surface area contributed by atoms with Gasteiger partial charge in [-0.1, -0.05) is 26.7 Å². The van der Waals surface area contributed by atoms with Gasteiger partial charge in [0.05, 0.1) is 6.10 Å². The van der Waals surface area contributed by atoms with Gasteiger partial charge in [-0.2, -0.15) is 0 Å². The van der Waals surface area contributed by atoms with Crippen LogP contribution in [0.3, 0.4) is 0 Å². The van der Waals surface area contributed by atoms with Gasteiger partial charge >= 0.3 is 12.0 Å². The second-order valence-corrected chi connectivity index (χ2v) is 5.41. The number of carboxylic acid groups (broad SMARTS) is 1. The Labute approximate surface area is 120 Å². The summed E-state index contributed by atoms with van der Waals surface area (Å²) in [6, 6.07) is -1.07. The lowest BCUT2D eigenvalue weighted by molar-refractivity contribution is -0.141. The van der Waals surface area contributed by atoms with E-state index in [9.17, 15) is 14.7 Å². The first-order valence-corrected chi connectivity index (χ1v) is 7.27. The van der Waals surface area contributed by atoms with Gasteiger partial charge in [0.2, 0.25) is 0 Å². The molecule has 3 unspecified atom stereocenters. The van der Waals surface area contributed by atoms with Crippen LogP contribution in [0.5, 0.6) is 0 Å². The number of amides is 2. The highest BCUT2D eigenvalue weighted by Gasteiger charge is 2.40. The van der Waals surface area contributed by atoms with Gasteiger partial charge in [-0.3, -0.25) is 0 Å². The fourth-order valence-corrected chi connectivity index (χ4v) is 2.82. The maximum atomic E-state index is 12.3. The molecule has 0 aliphatic carbocycles. The molecule has 1 saturated heterocycles. The first-order valence-electron chi connectivity index (χ1n) is 7.27. The molecular weight excluding hydrogens is 260 g/mol. The van der Waals surface area contributed by atoms with Crippen LogP contribution in [-0.4, -0.2) is 53.8 Å². The normalized spacial score (nSPS) is 23.9. The molecule has 1 heterocycles. The summed E-state index contributed by atoms with van der Waals surface area (Å²) in [5.74, 6) is -0.571. The van der Waals surface area contributed by atoms with Crippen molar-refractivity contribution in [2.75, 3.05) is 13.7 Å². The molecule has 1 fully saturated rings. The summed E-state index contributed by atoms with van der Waals surface area (Å²) in [5, 5.41) is 12.1. The van der Waals surface area contributed by atoms with E-state index in [1.165, 1.54) is 12.0 Å². The van der Waals surface area contributed by atoms with Gasteiger partial charge in [-0.15, -0.1) is 0 Å². The molecule has 0 saturated carbocycles. The molecular formula is C14H26N2O4. The number of hydrogen-bond donors (Lipinski definition) is 2. The highest BCUT2D eigenvalue weighted by atomic mass is 16.5. The van der Waals surface area contributed by atoms with Gasteiger partial charge in [0.15, 0.2) is 0 Å². The van der Waals surface area contributed by atoms with Crippen LogP contribution in [0.2, 0.25) is 0 Å². The second kappa shape index (κ2) is 7.47. The molecule has 2 N–H and O–H groups in total. The Morgan fingerprint density at radius 1 is 1.40 bits per heavy atom. The highest BCUT2D eigenvalue weighted by molar-refractivity contribution is 5.83. The lowest BCUT2D eigenvalue weighted by Crippen LogP contribution is -2.50. The number of rotatable bonds is 6. The average molecular weight is 286 g/mol. The van der Waals surface area contributed by atoms with Crippen molar-refractivity contribution in [2.24, 2.45) is 5.92 Å². The number of carbonyl (C=O) groups excluding carboxylic acids is 1. The molecule has 3 atom stereocenters. The van der Waals surface area contributed by atoms with E-state index in [1.54, 1.807) is 0 Å². The monoisotopic (exact) mass is 286 g/mol. The van der Waals surface area contributed by atoms with E-state index < -0.39 is 12.0 Å². The van der Waals surface area contributed by atoms with Crippen molar-refractivity contribution in [3.8, 4) is 0 Å². The molecule has 0 bridgehead atoms. The minimum Gasteiger partial charge on any atom is -0.480 e. The van der Waals surface area contributed by atoms with Gasteiger partial charge in [0.1, 0.15) is 6.04 Å². The molecule has 0 aromatic heterocycles. The number of nitrogens with one attached hydrogen (secondary N) is 1. The molecule has 0 spiro atoms. The Morgan fingerprint density at radius 2 is 2.00 bits per heavy atom. The van der Waals surface area contributed by atoms with E-state index in [1.807, 2.05) is 6.92 Å². The minimum atomic E-state index is -0.977. The molecule has 6 heteroatoms.